The number of benzene rings is 1. The molecule has 1 saturated heterocycles. The number of nitrogens with one attached hydrogen (secondary N) is 2. The van der Waals surface area contributed by atoms with E-state index in [0.717, 1.165) is 18.7 Å². The molecule has 0 amide bonds. The highest BCUT2D eigenvalue weighted by molar-refractivity contribution is 5.29. The van der Waals surface area contributed by atoms with E-state index in [1.165, 1.54) is 0 Å². The Hall–Kier alpha value is -1.14. The first-order valence-electron chi connectivity index (χ1n) is 5.28. The van der Waals surface area contributed by atoms with Gasteiger partial charge in [-0.3, -0.25) is 0 Å². The number of piperazine rings is 1. The second kappa shape index (κ2) is 4.62. The molecule has 2 N–H and O–H groups in total. The van der Waals surface area contributed by atoms with Crippen LogP contribution in [0.4, 0.5) is 17.6 Å². The van der Waals surface area contributed by atoms with Crippen molar-refractivity contribution in [3.8, 4) is 0 Å². The predicted molar refractivity (Wildman–Crippen MR) is 55.0 cm³/mol. The van der Waals surface area contributed by atoms with Gasteiger partial charge in [-0.2, -0.15) is 13.2 Å². The van der Waals surface area contributed by atoms with Crippen LogP contribution in [0, 0.1) is 5.82 Å². The lowest BCUT2D eigenvalue weighted by Crippen LogP contribution is -2.42. The number of rotatable bonds is 1. The molecule has 0 aromatic heterocycles. The van der Waals surface area contributed by atoms with Gasteiger partial charge in [0, 0.05) is 25.7 Å². The zero-order chi connectivity index (χ0) is 12.5. The molecule has 1 aliphatic rings. The number of hydrogen-bond acceptors (Lipinski definition) is 2. The molecule has 1 heterocycles. The second-order valence-electron chi connectivity index (χ2n) is 3.98. The van der Waals surface area contributed by atoms with E-state index >= 15 is 0 Å². The molecule has 1 aromatic carbocycles. The third kappa shape index (κ3) is 2.95. The van der Waals surface area contributed by atoms with Gasteiger partial charge in [-0.05, 0) is 23.8 Å². The van der Waals surface area contributed by atoms with Crippen LogP contribution in [0.25, 0.3) is 0 Å². The quantitative estimate of drug-likeness (QED) is 0.743. The number of halogens is 4. The summed E-state index contributed by atoms with van der Waals surface area (Å²) >= 11 is 0. The lowest BCUT2D eigenvalue weighted by atomic mass is 10.0. The van der Waals surface area contributed by atoms with Crippen LogP contribution in [0.15, 0.2) is 18.2 Å². The summed E-state index contributed by atoms with van der Waals surface area (Å²) < 4.78 is 50.7. The zero-order valence-electron chi connectivity index (χ0n) is 8.94. The molecular weight excluding hydrogens is 236 g/mol. The molecule has 1 fully saturated rings. The van der Waals surface area contributed by atoms with Gasteiger partial charge in [-0.1, -0.05) is 0 Å². The van der Waals surface area contributed by atoms with Gasteiger partial charge in [-0.25, -0.2) is 4.39 Å². The standard InChI is InChI=1S/C11H12F4N2/c12-9-4-7(10-6-16-1-2-17-10)3-8(5-9)11(13,14)15/h3-5,10,16-17H,1-2,6H2/t10-/m0/s1. The van der Waals surface area contributed by atoms with Crippen LogP contribution >= 0.6 is 0 Å². The molecule has 0 radical (unpaired) electrons. The van der Waals surface area contributed by atoms with Crippen LogP contribution in [-0.2, 0) is 6.18 Å². The maximum atomic E-state index is 13.2. The highest BCUT2D eigenvalue weighted by Crippen LogP contribution is 2.31. The van der Waals surface area contributed by atoms with E-state index in [9.17, 15) is 17.6 Å². The van der Waals surface area contributed by atoms with Gasteiger partial charge < -0.3 is 10.6 Å². The van der Waals surface area contributed by atoms with E-state index in [2.05, 4.69) is 10.6 Å². The summed E-state index contributed by atoms with van der Waals surface area (Å²) in [5.74, 6) is -0.859. The topological polar surface area (TPSA) is 24.1 Å². The molecule has 6 heteroatoms. The molecule has 2 rings (SSSR count). The van der Waals surface area contributed by atoms with Crippen molar-refractivity contribution in [1.82, 2.24) is 10.6 Å². The monoisotopic (exact) mass is 248 g/mol. The molecule has 0 unspecified atom stereocenters. The van der Waals surface area contributed by atoms with Crippen LogP contribution < -0.4 is 10.6 Å². The van der Waals surface area contributed by atoms with Crippen LogP contribution in [0.3, 0.4) is 0 Å². The Balaban J connectivity index is 2.31. The maximum absolute atomic E-state index is 13.2. The van der Waals surface area contributed by atoms with Crippen LogP contribution in [0.2, 0.25) is 0 Å². The Morgan fingerprint density at radius 3 is 2.47 bits per heavy atom. The first-order chi connectivity index (χ1) is 7.97. The summed E-state index contributed by atoms with van der Waals surface area (Å²) in [4.78, 5) is 0. The highest BCUT2D eigenvalue weighted by Gasteiger charge is 2.32. The molecule has 94 valence electrons. The summed E-state index contributed by atoms with van der Waals surface area (Å²) in [5, 5.41) is 6.09. The van der Waals surface area contributed by atoms with Crippen molar-refractivity contribution in [2.24, 2.45) is 0 Å². The molecule has 2 nitrogen and oxygen atoms in total. The zero-order valence-corrected chi connectivity index (χ0v) is 8.94. The lowest BCUT2D eigenvalue weighted by Gasteiger charge is -2.25. The van der Waals surface area contributed by atoms with E-state index in [1.54, 1.807) is 0 Å². The predicted octanol–water partition coefficient (Wildman–Crippen LogP) is 2.08. The summed E-state index contributed by atoms with van der Waals surface area (Å²) in [6.07, 6.45) is -4.51. The van der Waals surface area contributed by atoms with E-state index in [1.807, 2.05) is 0 Å². The van der Waals surface area contributed by atoms with Crippen LogP contribution in [0.1, 0.15) is 17.2 Å². The molecule has 0 bridgehead atoms. The van der Waals surface area contributed by atoms with Gasteiger partial charge in [0.05, 0.1) is 5.56 Å². The molecule has 1 aliphatic heterocycles. The Kier molecular flexibility index (Phi) is 3.35. The lowest BCUT2D eigenvalue weighted by molar-refractivity contribution is -0.137. The fourth-order valence-corrected chi connectivity index (χ4v) is 1.87. The molecule has 0 aliphatic carbocycles. The van der Waals surface area contributed by atoms with Crippen molar-refractivity contribution in [3.63, 3.8) is 0 Å². The van der Waals surface area contributed by atoms with Gasteiger partial charge in [-0.15, -0.1) is 0 Å². The minimum absolute atomic E-state index is 0.277. The fourth-order valence-electron chi connectivity index (χ4n) is 1.87. The molecule has 0 saturated carbocycles. The van der Waals surface area contributed by atoms with E-state index in [0.29, 0.717) is 24.7 Å². The summed E-state index contributed by atoms with van der Waals surface area (Å²) in [6.45, 7) is 1.92. The van der Waals surface area contributed by atoms with Crippen molar-refractivity contribution in [1.29, 1.82) is 0 Å². The second-order valence-corrected chi connectivity index (χ2v) is 3.98. The van der Waals surface area contributed by atoms with Crippen molar-refractivity contribution in [3.05, 3.63) is 35.1 Å². The van der Waals surface area contributed by atoms with E-state index in [-0.39, 0.29) is 6.04 Å². The molecule has 1 aromatic rings. The summed E-state index contributed by atoms with van der Waals surface area (Å²) in [5.41, 5.74) is -0.621. The Labute approximate surface area is 96.0 Å². The number of hydrogen-bond donors (Lipinski definition) is 2. The minimum atomic E-state index is -4.51. The SMILES string of the molecule is Fc1cc([C@@H]2CNCCN2)cc(C(F)(F)F)c1. The number of alkyl halides is 3. The van der Waals surface area contributed by atoms with Crippen molar-refractivity contribution in [2.45, 2.75) is 12.2 Å². The minimum Gasteiger partial charge on any atom is -0.314 e. The summed E-state index contributed by atoms with van der Waals surface area (Å²) in [6, 6.07) is 2.37. The first kappa shape index (κ1) is 12.3. The maximum Gasteiger partial charge on any atom is 0.416 e. The Morgan fingerprint density at radius 1 is 1.12 bits per heavy atom. The van der Waals surface area contributed by atoms with Gasteiger partial charge >= 0.3 is 6.18 Å². The van der Waals surface area contributed by atoms with Gasteiger partial charge in [0.2, 0.25) is 0 Å². The van der Waals surface area contributed by atoms with Crippen LogP contribution in [-0.4, -0.2) is 19.6 Å². The third-order valence-corrected chi connectivity index (χ3v) is 2.69. The third-order valence-electron chi connectivity index (χ3n) is 2.69. The molecule has 17 heavy (non-hydrogen) atoms. The Morgan fingerprint density at radius 2 is 1.88 bits per heavy atom. The Bertz CT molecular complexity index is 397. The molecular formula is C11H12F4N2. The largest absolute Gasteiger partial charge is 0.416 e. The molecule has 0 spiro atoms. The van der Waals surface area contributed by atoms with Crippen LogP contribution in [0.5, 0.6) is 0 Å². The normalized spacial score (nSPS) is 21.5. The first-order valence-corrected chi connectivity index (χ1v) is 5.28. The van der Waals surface area contributed by atoms with Crippen molar-refractivity contribution < 1.29 is 17.6 Å². The van der Waals surface area contributed by atoms with Gasteiger partial charge in [0.1, 0.15) is 5.82 Å². The summed E-state index contributed by atoms with van der Waals surface area (Å²) in [7, 11) is 0. The average Bonchev–Trinajstić information content (AvgIpc) is 2.28. The van der Waals surface area contributed by atoms with E-state index in [4.69, 9.17) is 0 Å². The average molecular weight is 248 g/mol. The van der Waals surface area contributed by atoms with E-state index < -0.39 is 17.6 Å². The van der Waals surface area contributed by atoms with Gasteiger partial charge in [0.15, 0.2) is 0 Å². The van der Waals surface area contributed by atoms with Gasteiger partial charge in [0.25, 0.3) is 0 Å². The smallest absolute Gasteiger partial charge is 0.314 e. The highest BCUT2D eigenvalue weighted by atomic mass is 19.4. The molecule has 1 atom stereocenters. The van der Waals surface area contributed by atoms with Crippen molar-refractivity contribution >= 4 is 0 Å². The van der Waals surface area contributed by atoms with Crippen molar-refractivity contribution in [2.75, 3.05) is 19.6 Å². The fraction of sp³-hybridized carbons (Fsp3) is 0.455.